The molecule has 14 heavy (non-hydrogen) atoms. The maximum Gasteiger partial charge on any atom is 0.000790 e. The summed E-state index contributed by atoms with van der Waals surface area (Å²) in [6.07, 6.45) is 7.42. The second kappa shape index (κ2) is 8.60. The molecule has 1 nitrogen and oxygen atoms in total. The van der Waals surface area contributed by atoms with E-state index in [9.17, 15) is 0 Å². The van der Waals surface area contributed by atoms with E-state index in [2.05, 4.69) is 32.3 Å². The van der Waals surface area contributed by atoms with E-state index >= 15 is 0 Å². The van der Waals surface area contributed by atoms with Crippen LogP contribution in [0, 0.1) is 5.41 Å². The molecular weight excluding hydrogens is 190 g/mol. The molecular formula is C12H27NS. The highest BCUT2D eigenvalue weighted by Gasteiger charge is 2.24. The predicted molar refractivity (Wildman–Crippen MR) is 69.2 cm³/mol. The van der Waals surface area contributed by atoms with E-state index in [1.54, 1.807) is 0 Å². The van der Waals surface area contributed by atoms with Gasteiger partial charge in [-0.1, -0.05) is 20.8 Å². The minimum Gasteiger partial charge on any atom is -0.316 e. The molecule has 2 heteroatoms. The number of hydrogen-bond donors (Lipinski definition) is 1. The van der Waals surface area contributed by atoms with E-state index in [0.717, 1.165) is 0 Å². The molecule has 0 saturated heterocycles. The van der Waals surface area contributed by atoms with Gasteiger partial charge in [0, 0.05) is 6.54 Å². The molecule has 0 fully saturated rings. The quantitative estimate of drug-likeness (QED) is 0.593. The second-order valence-corrected chi connectivity index (χ2v) is 5.11. The zero-order valence-corrected chi connectivity index (χ0v) is 11.2. The highest BCUT2D eigenvalue weighted by molar-refractivity contribution is 7.98. The Morgan fingerprint density at radius 3 is 2.21 bits per heavy atom. The molecule has 0 heterocycles. The summed E-state index contributed by atoms with van der Waals surface area (Å²) < 4.78 is 0. The lowest BCUT2D eigenvalue weighted by molar-refractivity contribution is 0.241. The molecule has 0 aromatic rings. The van der Waals surface area contributed by atoms with Gasteiger partial charge >= 0.3 is 0 Å². The van der Waals surface area contributed by atoms with Crippen molar-refractivity contribution in [2.24, 2.45) is 5.41 Å². The molecule has 0 radical (unpaired) electrons. The second-order valence-electron chi connectivity index (χ2n) is 4.13. The molecule has 0 rings (SSSR count). The van der Waals surface area contributed by atoms with Crippen molar-refractivity contribution in [1.29, 1.82) is 0 Å². The average molecular weight is 217 g/mol. The number of rotatable bonds is 9. The molecule has 0 aliphatic carbocycles. The van der Waals surface area contributed by atoms with Crippen LogP contribution in [0.5, 0.6) is 0 Å². The Hall–Kier alpha value is 0.310. The summed E-state index contributed by atoms with van der Waals surface area (Å²) in [7, 11) is 0. The van der Waals surface area contributed by atoms with Crippen molar-refractivity contribution in [1.82, 2.24) is 5.32 Å². The average Bonchev–Trinajstić information content (AvgIpc) is 2.24. The Balaban J connectivity index is 3.94. The van der Waals surface area contributed by atoms with Crippen LogP contribution in [0.1, 0.15) is 46.5 Å². The summed E-state index contributed by atoms with van der Waals surface area (Å²) >= 11 is 1.97. The molecule has 86 valence electrons. The van der Waals surface area contributed by atoms with Crippen LogP contribution in [-0.4, -0.2) is 25.1 Å². The molecule has 0 saturated carbocycles. The van der Waals surface area contributed by atoms with E-state index in [4.69, 9.17) is 0 Å². The number of hydrogen-bond acceptors (Lipinski definition) is 2. The van der Waals surface area contributed by atoms with Crippen LogP contribution in [0.15, 0.2) is 0 Å². The fraction of sp³-hybridized carbons (Fsp3) is 1.00. The van der Waals surface area contributed by atoms with Gasteiger partial charge in [0.05, 0.1) is 0 Å². The zero-order chi connectivity index (χ0) is 10.9. The molecule has 1 N–H and O–H groups in total. The van der Waals surface area contributed by atoms with Crippen LogP contribution in [-0.2, 0) is 0 Å². The van der Waals surface area contributed by atoms with Gasteiger partial charge in [-0.3, -0.25) is 0 Å². The lowest BCUT2D eigenvalue weighted by atomic mass is 9.80. The van der Waals surface area contributed by atoms with Crippen molar-refractivity contribution in [2.75, 3.05) is 25.1 Å². The Morgan fingerprint density at radius 1 is 1.14 bits per heavy atom. The lowest BCUT2D eigenvalue weighted by Gasteiger charge is -2.32. The van der Waals surface area contributed by atoms with E-state index in [1.807, 2.05) is 11.8 Å². The van der Waals surface area contributed by atoms with Crippen molar-refractivity contribution >= 4 is 11.8 Å². The van der Waals surface area contributed by atoms with Crippen molar-refractivity contribution in [3.63, 3.8) is 0 Å². The summed E-state index contributed by atoms with van der Waals surface area (Å²) in [6, 6.07) is 0. The third-order valence-electron chi connectivity index (χ3n) is 3.26. The van der Waals surface area contributed by atoms with Crippen molar-refractivity contribution in [3.8, 4) is 0 Å². The topological polar surface area (TPSA) is 12.0 Å². The number of thioether (sulfide) groups is 1. The molecule has 0 bridgehead atoms. The van der Waals surface area contributed by atoms with Crippen molar-refractivity contribution in [2.45, 2.75) is 46.5 Å². The third-order valence-corrected chi connectivity index (χ3v) is 3.88. The van der Waals surface area contributed by atoms with Gasteiger partial charge in [0.25, 0.3) is 0 Å². The highest BCUT2D eigenvalue weighted by atomic mass is 32.2. The maximum absolute atomic E-state index is 3.58. The van der Waals surface area contributed by atoms with Crippen LogP contribution in [0.25, 0.3) is 0 Å². The first-order chi connectivity index (χ1) is 6.74. The van der Waals surface area contributed by atoms with Gasteiger partial charge in [-0.2, -0.15) is 11.8 Å². The Kier molecular flexibility index (Phi) is 8.80. The van der Waals surface area contributed by atoms with E-state index in [-0.39, 0.29) is 0 Å². The third kappa shape index (κ3) is 5.26. The fourth-order valence-corrected chi connectivity index (χ4v) is 2.43. The molecule has 0 aromatic carbocycles. The first-order valence-corrected chi connectivity index (χ1v) is 7.33. The highest BCUT2D eigenvalue weighted by Crippen LogP contribution is 2.30. The van der Waals surface area contributed by atoms with Crippen LogP contribution < -0.4 is 5.32 Å². The summed E-state index contributed by atoms with van der Waals surface area (Å²) in [5.41, 5.74) is 0.554. The smallest absolute Gasteiger partial charge is 0.000790 e. The van der Waals surface area contributed by atoms with E-state index in [0.29, 0.717) is 5.41 Å². The van der Waals surface area contributed by atoms with Gasteiger partial charge in [-0.05, 0) is 49.7 Å². The largest absolute Gasteiger partial charge is 0.316 e. The minimum absolute atomic E-state index is 0.554. The van der Waals surface area contributed by atoms with Gasteiger partial charge < -0.3 is 5.32 Å². The molecule has 0 atom stereocenters. The Labute approximate surface area is 94.4 Å². The van der Waals surface area contributed by atoms with Crippen molar-refractivity contribution in [3.05, 3.63) is 0 Å². The van der Waals surface area contributed by atoms with Gasteiger partial charge in [-0.15, -0.1) is 0 Å². The SMILES string of the molecule is CCCNCC(CC)(CC)CCSC. The molecule has 0 spiro atoms. The summed E-state index contributed by atoms with van der Waals surface area (Å²) in [6.45, 7) is 9.26. The molecule has 0 amide bonds. The van der Waals surface area contributed by atoms with Crippen LogP contribution in [0.2, 0.25) is 0 Å². The molecule has 0 aromatic heterocycles. The first-order valence-electron chi connectivity index (χ1n) is 5.94. The molecule has 0 aliphatic heterocycles. The molecule has 0 unspecified atom stereocenters. The van der Waals surface area contributed by atoms with Gasteiger partial charge in [0.1, 0.15) is 0 Å². The van der Waals surface area contributed by atoms with Crippen LogP contribution in [0.3, 0.4) is 0 Å². The van der Waals surface area contributed by atoms with Gasteiger partial charge in [0.15, 0.2) is 0 Å². The van der Waals surface area contributed by atoms with Crippen molar-refractivity contribution < 1.29 is 0 Å². The fourth-order valence-electron chi connectivity index (χ4n) is 1.79. The summed E-state index contributed by atoms with van der Waals surface area (Å²) in [4.78, 5) is 0. The van der Waals surface area contributed by atoms with Crippen LogP contribution in [0.4, 0.5) is 0 Å². The van der Waals surface area contributed by atoms with Gasteiger partial charge in [0.2, 0.25) is 0 Å². The first kappa shape index (κ1) is 14.3. The normalized spacial score (nSPS) is 12.0. The Bertz CT molecular complexity index is 121. The number of nitrogens with one attached hydrogen (secondary N) is 1. The maximum atomic E-state index is 3.58. The van der Waals surface area contributed by atoms with Crippen LogP contribution >= 0.6 is 11.8 Å². The Morgan fingerprint density at radius 2 is 1.79 bits per heavy atom. The minimum atomic E-state index is 0.554. The van der Waals surface area contributed by atoms with Gasteiger partial charge in [-0.25, -0.2) is 0 Å². The zero-order valence-electron chi connectivity index (χ0n) is 10.4. The molecule has 0 aliphatic rings. The predicted octanol–water partition coefficient (Wildman–Crippen LogP) is 3.55. The lowest BCUT2D eigenvalue weighted by Crippen LogP contribution is -2.34. The summed E-state index contributed by atoms with van der Waals surface area (Å²) in [5.74, 6) is 1.30. The summed E-state index contributed by atoms with van der Waals surface area (Å²) in [5, 5.41) is 3.58. The van der Waals surface area contributed by atoms with E-state index < -0.39 is 0 Å². The van der Waals surface area contributed by atoms with E-state index in [1.165, 1.54) is 44.5 Å². The standard InChI is InChI=1S/C12H27NS/c1-5-9-13-11-12(6-2,7-3)8-10-14-4/h13H,5-11H2,1-4H3. The monoisotopic (exact) mass is 217 g/mol.